The van der Waals surface area contributed by atoms with Gasteiger partial charge < -0.3 is 14.5 Å². The van der Waals surface area contributed by atoms with Crippen LogP contribution in [-0.4, -0.2) is 25.9 Å². The smallest absolute Gasteiger partial charge is 0.276 e. The van der Waals surface area contributed by atoms with Crippen LogP contribution in [0.2, 0.25) is 0 Å². The molecule has 2 N–H and O–H groups in total. The largest absolute Gasteiger partial charge is 0.471 e. The lowest BCUT2D eigenvalue weighted by molar-refractivity contribution is 0.102. The number of nitrogens with zero attached hydrogens (tertiary/aromatic N) is 3. The number of ether oxygens (including phenoxy) is 1. The van der Waals surface area contributed by atoms with Crippen LogP contribution in [0.1, 0.15) is 21.6 Å². The number of aromatic amines is 1. The molecule has 0 atom stereocenters. The molecule has 4 rings (SSSR count). The van der Waals surface area contributed by atoms with Crippen LogP contribution in [0.3, 0.4) is 0 Å². The number of carbonyl (C=O) groups is 1. The minimum absolute atomic E-state index is 0.241. The number of furan rings is 1. The van der Waals surface area contributed by atoms with Crippen molar-refractivity contribution in [2.45, 2.75) is 20.6 Å². The predicted molar refractivity (Wildman–Crippen MR) is 103 cm³/mol. The Kier molecular flexibility index (Phi) is 4.67. The Morgan fingerprint density at radius 1 is 1.29 bits per heavy atom. The molecule has 8 nitrogen and oxygen atoms in total. The second-order valence-electron chi connectivity index (χ2n) is 6.41. The van der Waals surface area contributed by atoms with Crippen LogP contribution in [0.15, 0.2) is 59.5 Å². The standard InChI is InChI=1S/C20H19N5O3/c1-13-5-6-18(14(2)8-13)28-12-25-11-15(10-21-25)22-20(26)17-9-16(23-24-17)19-4-3-7-27-19/h3-11H,12H2,1-2H3,(H,22,26)(H,23,24). The second-order valence-corrected chi connectivity index (χ2v) is 6.41. The molecular formula is C20H19N5O3. The topological polar surface area (TPSA) is 98.0 Å². The van der Waals surface area contributed by atoms with Crippen LogP contribution in [0.25, 0.3) is 11.5 Å². The lowest BCUT2D eigenvalue weighted by Gasteiger charge is -2.09. The van der Waals surface area contributed by atoms with Crippen LogP contribution >= 0.6 is 0 Å². The number of benzene rings is 1. The van der Waals surface area contributed by atoms with Gasteiger partial charge >= 0.3 is 0 Å². The Labute approximate surface area is 161 Å². The van der Waals surface area contributed by atoms with Gasteiger partial charge in [0.2, 0.25) is 0 Å². The summed E-state index contributed by atoms with van der Waals surface area (Å²) in [7, 11) is 0. The monoisotopic (exact) mass is 377 g/mol. The summed E-state index contributed by atoms with van der Waals surface area (Å²) >= 11 is 0. The Hall–Kier alpha value is -3.81. The Balaban J connectivity index is 1.37. The van der Waals surface area contributed by atoms with Crippen molar-refractivity contribution < 1.29 is 13.9 Å². The van der Waals surface area contributed by atoms with E-state index in [1.54, 1.807) is 41.5 Å². The molecule has 0 aliphatic carbocycles. The number of hydrogen-bond acceptors (Lipinski definition) is 5. The van der Waals surface area contributed by atoms with Crippen molar-refractivity contribution in [3.05, 3.63) is 71.9 Å². The average molecular weight is 377 g/mol. The van der Waals surface area contributed by atoms with E-state index in [1.165, 1.54) is 5.56 Å². The summed E-state index contributed by atoms with van der Waals surface area (Å²) in [6.07, 6.45) is 4.81. The van der Waals surface area contributed by atoms with Crippen molar-refractivity contribution >= 4 is 11.6 Å². The molecule has 0 radical (unpaired) electrons. The van der Waals surface area contributed by atoms with E-state index >= 15 is 0 Å². The molecule has 0 saturated carbocycles. The van der Waals surface area contributed by atoms with Crippen LogP contribution in [-0.2, 0) is 6.73 Å². The van der Waals surface area contributed by atoms with E-state index in [-0.39, 0.29) is 18.3 Å². The number of anilines is 1. The summed E-state index contributed by atoms with van der Waals surface area (Å²) in [5, 5.41) is 13.8. The summed E-state index contributed by atoms with van der Waals surface area (Å²) in [4.78, 5) is 12.4. The molecule has 3 aromatic heterocycles. The Bertz CT molecular complexity index is 1090. The molecule has 1 amide bonds. The number of nitrogens with one attached hydrogen (secondary N) is 2. The molecule has 0 fully saturated rings. The van der Waals surface area contributed by atoms with Crippen LogP contribution in [0, 0.1) is 13.8 Å². The van der Waals surface area contributed by atoms with Gasteiger partial charge in [0.1, 0.15) is 11.4 Å². The van der Waals surface area contributed by atoms with Gasteiger partial charge in [-0.05, 0) is 37.6 Å². The van der Waals surface area contributed by atoms with Gasteiger partial charge in [-0.15, -0.1) is 0 Å². The molecule has 0 aliphatic rings. The third-order valence-electron chi connectivity index (χ3n) is 4.17. The fourth-order valence-electron chi connectivity index (χ4n) is 2.79. The van der Waals surface area contributed by atoms with Crippen molar-refractivity contribution in [2.75, 3.05) is 5.32 Å². The van der Waals surface area contributed by atoms with Crippen LogP contribution < -0.4 is 10.1 Å². The summed E-state index contributed by atoms with van der Waals surface area (Å²) in [6, 6.07) is 11.2. The van der Waals surface area contributed by atoms with E-state index in [9.17, 15) is 4.79 Å². The van der Waals surface area contributed by atoms with Gasteiger partial charge in [-0.2, -0.15) is 10.2 Å². The molecule has 0 bridgehead atoms. The number of hydrogen-bond donors (Lipinski definition) is 2. The van der Waals surface area contributed by atoms with Gasteiger partial charge in [0.15, 0.2) is 18.2 Å². The number of carbonyl (C=O) groups excluding carboxylic acids is 1. The van der Waals surface area contributed by atoms with Gasteiger partial charge in [0, 0.05) is 6.07 Å². The number of aromatic nitrogens is 4. The van der Waals surface area contributed by atoms with Crippen molar-refractivity contribution in [2.24, 2.45) is 0 Å². The third-order valence-corrected chi connectivity index (χ3v) is 4.17. The zero-order valence-corrected chi connectivity index (χ0v) is 15.5. The van der Waals surface area contributed by atoms with Gasteiger partial charge in [-0.3, -0.25) is 9.89 Å². The first-order valence-corrected chi connectivity index (χ1v) is 8.71. The highest BCUT2D eigenvalue weighted by molar-refractivity contribution is 6.03. The van der Waals surface area contributed by atoms with E-state index in [2.05, 4.69) is 26.7 Å². The molecular weight excluding hydrogens is 358 g/mol. The molecule has 0 aliphatic heterocycles. The summed E-state index contributed by atoms with van der Waals surface area (Å²) in [6.45, 7) is 4.28. The van der Waals surface area contributed by atoms with E-state index in [4.69, 9.17) is 9.15 Å². The van der Waals surface area contributed by atoms with E-state index in [1.807, 2.05) is 26.0 Å². The lowest BCUT2D eigenvalue weighted by atomic mass is 10.1. The maximum atomic E-state index is 12.4. The molecule has 0 saturated heterocycles. The number of rotatable bonds is 6. The molecule has 142 valence electrons. The van der Waals surface area contributed by atoms with Gasteiger partial charge in [0.25, 0.3) is 5.91 Å². The number of aryl methyl sites for hydroxylation is 2. The van der Waals surface area contributed by atoms with Crippen molar-refractivity contribution in [1.82, 2.24) is 20.0 Å². The first-order valence-electron chi connectivity index (χ1n) is 8.71. The molecule has 28 heavy (non-hydrogen) atoms. The summed E-state index contributed by atoms with van der Waals surface area (Å²) in [5.41, 5.74) is 3.68. The van der Waals surface area contributed by atoms with Gasteiger partial charge in [-0.25, -0.2) is 4.68 Å². The highest BCUT2D eigenvalue weighted by atomic mass is 16.5. The maximum absolute atomic E-state index is 12.4. The van der Waals surface area contributed by atoms with Gasteiger partial charge in [-0.1, -0.05) is 17.7 Å². The fraction of sp³-hybridized carbons (Fsp3) is 0.150. The van der Waals surface area contributed by atoms with E-state index in [0.717, 1.165) is 11.3 Å². The quantitative estimate of drug-likeness (QED) is 0.533. The highest BCUT2D eigenvalue weighted by Gasteiger charge is 2.14. The SMILES string of the molecule is Cc1ccc(OCn2cc(NC(=O)c3cc(-c4ccco4)[nH]n3)cn2)c(C)c1. The first-order chi connectivity index (χ1) is 13.6. The normalized spacial score (nSPS) is 10.8. The molecule has 0 spiro atoms. The van der Waals surface area contributed by atoms with Gasteiger partial charge in [0.05, 0.1) is 24.3 Å². The second kappa shape index (κ2) is 7.43. The van der Waals surface area contributed by atoms with Crippen molar-refractivity contribution in [3.8, 4) is 17.2 Å². The molecule has 1 aromatic carbocycles. The minimum Gasteiger partial charge on any atom is -0.471 e. The lowest BCUT2D eigenvalue weighted by Crippen LogP contribution is -2.12. The molecule has 4 aromatic rings. The highest BCUT2D eigenvalue weighted by Crippen LogP contribution is 2.20. The van der Waals surface area contributed by atoms with Crippen molar-refractivity contribution in [3.63, 3.8) is 0 Å². The number of amides is 1. The van der Waals surface area contributed by atoms with E-state index < -0.39 is 0 Å². The molecule has 3 heterocycles. The summed E-state index contributed by atoms with van der Waals surface area (Å²) in [5.74, 6) is 1.07. The van der Waals surface area contributed by atoms with Crippen LogP contribution in [0.4, 0.5) is 5.69 Å². The zero-order valence-electron chi connectivity index (χ0n) is 15.5. The Morgan fingerprint density at radius 3 is 2.96 bits per heavy atom. The van der Waals surface area contributed by atoms with Crippen LogP contribution in [0.5, 0.6) is 5.75 Å². The first kappa shape index (κ1) is 17.6. The maximum Gasteiger partial charge on any atom is 0.276 e. The molecule has 0 unspecified atom stereocenters. The average Bonchev–Trinajstić information content (AvgIpc) is 3.42. The van der Waals surface area contributed by atoms with Crippen molar-refractivity contribution in [1.29, 1.82) is 0 Å². The van der Waals surface area contributed by atoms with E-state index in [0.29, 0.717) is 17.1 Å². The Morgan fingerprint density at radius 2 is 2.18 bits per heavy atom. The fourth-order valence-corrected chi connectivity index (χ4v) is 2.79. The number of H-pyrrole nitrogens is 1. The predicted octanol–water partition coefficient (Wildman–Crippen LogP) is 3.77. The zero-order chi connectivity index (χ0) is 19.5. The minimum atomic E-state index is -0.344. The third kappa shape index (κ3) is 3.80. The molecule has 8 heteroatoms. The summed E-state index contributed by atoms with van der Waals surface area (Å²) < 4.78 is 12.7.